The Hall–Kier alpha value is -2.85. The van der Waals surface area contributed by atoms with Gasteiger partial charge in [0.15, 0.2) is 5.69 Å². The van der Waals surface area contributed by atoms with Crippen molar-refractivity contribution >= 4 is 39.5 Å². The van der Waals surface area contributed by atoms with Gasteiger partial charge in [0, 0.05) is 5.69 Å². The lowest BCUT2D eigenvalue weighted by molar-refractivity contribution is 0.100. The zero-order valence-electron chi connectivity index (χ0n) is 11.1. The number of nitrogen functional groups attached to an aromatic ring is 1. The van der Waals surface area contributed by atoms with E-state index >= 15 is 0 Å². The monoisotopic (exact) mass is 300 g/mol. The van der Waals surface area contributed by atoms with Crippen LogP contribution in [0.2, 0.25) is 0 Å². The SMILES string of the molecule is [C-]#[N+]c1ccc(NC(=O)c2sc(N)c(C(N)=O)c2C)cc1. The summed E-state index contributed by atoms with van der Waals surface area (Å²) < 4.78 is 0. The molecular weight excluding hydrogens is 288 g/mol. The topological polar surface area (TPSA) is 103 Å². The molecule has 0 radical (unpaired) electrons. The summed E-state index contributed by atoms with van der Waals surface area (Å²) in [6.07, 6.45) is 0. The van der Waals surface area contributed by atoms with E-state index in [-0.39, 0.29) is 16.5 Å². The van der Waals surface area contributed by atoms with Gasteiger partial charge in [-0.15, -0.1) is 11.3 Å². The van der Waals surface area contributed by atoms with E-state index in [0.29, 0.717) is 21.8 Å². The number of nitrogens with zero attached hydrogens (tertiary/aromatic N) is 1. The molecule has 0 atom stereocenters. The average Bonchev–Trinajstić information content (AvgIpc) is 2.75. The van der Waals surface area contributed by atoms with Gasteiger partial charge in [0.25, 0.3) is 11.8 Å². The van der Waals surface area contributed by atoms with Gasteiger partial charge in [0.05, 0.1) is 22.0 Å². The van der Waals surface area contributed by atoms with E-state index < -0.39 is 5.91 Å². The molecule has 2 amide bonds. The quantitative estimate of drug-likeness (QED) is 0.759. The van der Waals surface area contributed by atoms with Gasteiger partial charge in [0.1, 0.15) is 0 Å². The molecule has 2 aromatic rings. The predicted molar refractivity (Wildman–Crippen MR) is 82.6 cm³/mol. The normalized spacial score (nSPS) is 9.90. The molecule has 1 heterocycles. The first kappa shape index (κ1) is 14.6. The smallest absolute Gasteiger partial charge is 0.266 e. The van der Waals surface area contributed by atoms with Crippen LogP contribution in [0.25, 0.3) is 4.85 Å². The van der Waals surface area contributed by atoms with Crippen molar-refractivity contribution in [2.45, 2.75) is 6.92 Å². The molecule has 0 aliphatic rings. The molecule has 0 bridgehead atoms. The Morgan fingerprint density at radius 2 is 1.90 bits per heavy atom. The highest BCUT2D eigenvalue weighted by Gasteiger charge is 2.21. The number of primary amides is 1. The van der Waals surface area contributed by atoms with Crippen LogP contribution in [0.3, 0.4) is 0 Å². The number of amides is 2. The van der Waals surface area contributed by atoms with Crippen molar-refractivity contribution in [2.75, 3.05) is 11.1 Å². The summed E-state index contributed by atoms with van der Waals surface area (Å²) in [7, 11) is 0. The molecule has 5 N–H and O–H groups in total. The second-order valence-corrected chi connectivity index (χ2v) is 5.32. The second-order valence-electron chi connectivity index (χ2n) is 4.27. The van der Waals surface area contributed by atoms with Crippen molar-refractivity contribution in [3.63, 3.8) is 0 Å². The number of hydrogen-bond donors (Lipinski definition) is 3. The Morgan fingerprint density at radius 3 is 2.38 bits per heavy atom. The maximum Gasteiger partial charge on any atom is 0.266 e. The van der Waals surface area contributed by atoms with Crippen molar-refractivity contribution in [1.29, 1.82) is 0 Å². The minimum atomic E-state index is -0.651. The van der Waals surface area contributed by atoms with Gasteiger partial charge < -0.3 is 16.8 Å². The zero-order chi connectivity index (χ0) is 15.6. The molecule has 1 aromatic carbocycles. The van der Waals surface area contributed by atoms with Crippen LogP contribution in [-0.2, 0) is 0 Å². The minimum absolute atomic E-state index is 0.188. The molecule has 1 aromatic heterocycles. The molecule has 0 saturated heterocycles. The molecule has 0 saturated carbocycles. The van der Waals surface area contributed by atoms with Crippen LogP contribution in [0.1, 0.15) is 25.6 Å². The molecule has 0 fully saturated rings. The lowest BCUT2D eigenvalue weighted by atomic mass is 10.1. The van der Waals surface area contributed by atoms with E-state index in [0.717, 1.165) is 11.3 Å². The molecule has 0 aliphatic heterocycles. The van der Waals surface area contributed by atoms with Crippen molar-refractivity contribution in [3.8, 4) is 0 Å². The van der Waals surface area contributed by atoms with Crippen LogP contribution in [0.5, 0.6) is 0 Å². The Bertz CT molecular complexity index is 757. The molecular formula is C14H12N4O2S. The lowest BCUT2D eigenvalue weighted by Crippen LogP contribution is -2.15. The summed E-state index contributed by atoms with van der Waals surface area (Å²) >= 11 is 1.02. The number of thiophene rings is 1. The third kappa shape index (κ3) is 2.85. The van der Waals surface area contributed by atoms with E-state index in [2.05, 4.69) is 10.2 Å². The molecule has 21 heavy (non-hydrogen) atoms. The van der Waals surface area contributed by atoms with E-state index in [1.807, 2.05) is 0 Å². The number of nitrogens with one attached hydrogen (secondary N) is 1. The van der Waals surface area contributed by atoms with Crippen LogP contribution in [0.4, 0.5) is 16.4 Å². The zero-order valence-corrected chi connectivity index (χ0v) is 12.0. The highest BCUT2D eigenvalue weighted by Crippen LogP contribution is 2.30. The number of carbonyl (C=O) groups is 2. The minimum Gasteiger partial charge on any atom is -0.390 e. The largest absolute Gasteiger partial charge is 0.390 e. The molecule has 0 unspecified atom stereocenters. The number of carbonyl (C=O) groups excluding carboxylic acids is 2. The number of nitrogens with two attached hydrogens (primary N) is 2. The standard InChI is InChI=1S/C14H12N4O2S/c1-7-10(12(15)19)13(16)21-11(7)14(20)18-9-5-3-8(17-2)4-6-9/h3-6H,16H2,1H3,(H2,15,19)(H,18,20). The van der Waals surface area contributed by atoms with Crippen molar-refractivity contribution in [2.24, 2.45) is 5.73 Å². The predicted octanol–water partition coefficient (Wildman–Crippen LogP) is 2.54. The Balaban J connectivity index is 2.26. The first-order valence-electron chi connectivity index (χ1n) is 5.91. The summed E-state index contributed by atoms with van der Waals surface area (Å²) in [5, 5.41) is 2.92. The van der Waals surface area contributed by atoms with Crippen LogP contribution in [0, 0.1) is 13.5 Å². The second kappa shape index (κ2) is 5.64. The van der Waals surface area contributed by atoms with Crippen molar-refractivity contribution < 1.29 is 9.59 Å². The fourth-order valence-corrected chi connectivity index (χ4v) is 2.84. The van der Waals surface area contributed by atoms with Crippen LogP contribution >= 0.6 is 11.3 Å². The summed E-state index contributed by atoms with van der Waals surface area (Å²) in [6.45, 7) is 8.50. The van der Waals surface area contributed by atoms with E-state index in [1.165, 1.54) is 0 Å². The Morgan fingerprint density at radius 1 is 1.29 bits per heavy atom. The molecule has 0 spiro atoms. The van der Waals surface area contributed by atoms with Gasteiger partial charge in [0.2, 0.25) is 0 Å². The maximum absolute atomic E-state index is 12.2. The molecule has 106 valence electrons. The van der Waals surface area contributed by atoms with Crippen molar-refractivity contribution in [3.05, 3.63) is 51.7 Å². The van der Waals surface area contributed by atoms with Gasteiger partial charge in [-0.3, -0.25) is 9.59 Å². The number of anilines is 2. The van der Waals surface area contributed by atoms with Gasteiger partial charge >= 0.3 is 0 Å². The number of hydrogen-bond acceptors (Lipinski definition) is 4. The number of benzene rings is 1. The van der Waals surface area contributed by atoms with Gasteiger partial charge in [-0.2, -0.15) is 0 Å². The maximum atomic E-state index is 12.2. The molecule has 2 rings (SSSR count). The highest BCUT2D eigenvalue weighted by molar-refractivity contribution is 7.18. The van der Waals surface area contributed by atoms with Gasteiger partial charge in [-0.25, -0.2) is 4.85 Å². The van der Waals surface area contributed by atoms with E-state index in [4.69, 9.17) is 18.0 Å². The summed E-state index contributed by atoms with van der Waals surface area (Å²) in [5.41, 5.74) is 12.7. The molecule has 0 aliphatic carbocycles. The van der Waals surface area contributed by atoms with Crippen LogP contribution in [-0.4, -0.2) is 11.8 Å². The summed E-state index contributed by atoms with van der Waals surface area (Å²) in [5.74, 6) is -1.02. The van der Waals surface area contributed by atoms with E-state index in [1.54, 1.807) is 31.2 Å². The third-order valence-corrected chi connectivity index (χ3v) is 4.00. The summed E-state index contributed by atoms with van der Waals surface area (Å²) in [6, 6.07) is 6.47. The molecule has 7 heteroatoms. The summed E-state index contributed by atoms with van der Waals surface area (Å²) in [4.78, 5) is 27.1. The first-order valence-corrected chi connectivity index (χ1v) is 6.73. The number of rotatable bonds is 3. The first-order chi connectivity index (χ1) is 9.93. The Labute approximate surface area is 125 Å². The van der Waals surface area contributed by atoms with Gasteiger partial charge in [-0.1, -0.05) is 12.1 Å². The Kier molecular flexibility index (Phi) is 3.91. The average molecular weight is 300 g/mol. The van der Waals surface area contributed by atoms with Crippen LogP contribution in [0.15, 0.2) is 24.3 Å². The fourth-order valence-electron chi connectivity index (χ4n) is 1.87. The third-order valence-electron chi connectivity index (χ3n) is 2.88. The van der Waals surface area contributed by atoms with Crippen molar-refractivity contribution in [1.82, 2.24) is 0 Å². The lowest BCUT2D eigenvalue weighted by Gasteiger charge is -2.04. The van der Waals surface area contributed by atoms with Crippen LogP contribution < -0.4 is 16.8 Å². The molecule has 6 nitrogen and oxygen atoms in total. The highest BCUT2D eigenvalue weighted by atomic mass is 32.1. The van der Waals surface area contributed by atoms with E-state index in [9.17, 15) is 9.59 Å². The van der Waals surface area contributed by atoms with Gasteiger partial charge in [-0.05, 0) is 24.6 Å². The fraction of sp³-hybridized carbons (Fsp3) is 0.0714.